The van der Waals surface area contributed by atoms with E-state index >= 15 is 0 Å². The molecule has 46 heavy (non-hydrogen) atoms. The molecule has 0 fully saturated rings. The Hall–Kier alpha value is -3.52. The number of nitrogens with two attached hydrogens (primary N) is 2. The van der Waals surface area contributed by atoms with Crippen LogP contribution in [0.4, 0.5) is 11.4 Å². The molecule has 3 atom stereocenters. The van der Waals surface area contributed by atoms with E-state index in [2.05, 4.69) is 93.6 Å². The Morgan fingerprint density at radius 1 is 0.391 bits per heavy atom. The molecular formula is C44H60N2. The van der Waals surface area contributed by atoms with Crippen molar-refractivity contribution in [3.63, 3.8) is 0 Å². The second-order valence-electron chi connectivity index (χ2n) is 13.6. The molecule has 0 aliphatic heterocycles. The van der Waals surface area contributed by atoms with E-state index in [1.165, 1.54) is 91.2 Å². The lowest BCUT2D eigenvalue weighted by molar-refractivity contribution is 0.527. The summed E-state index contributed by atoms with van der Waals surface area (Å²) in [4.78, 5) is 0. The third-order valence-electron chi connectivity index (χ3n) is 9.91. The van der Waals surface area contributed by atoms with Gasteiger partial charge >= 0.3 is 0 Å². The van der Waals surface area contributed by atoms with Crippen molar-refractivity contribution in [2.24, 2.45) is 0 Å². The zero-order valence-corrected chi connectivity index (χ0v) is 29.0. The van der Waals surface area contributed by atoms with E-state index in [4.69, 9.17) is 11.5 Å². The van der Waals surface area contributed by atoms with Gasteiger partial charge in [-0.2, -0.15) is 0 Å². The molecule has 0 spiro atoms. The van der Waals surface area contributed by atoms with Crippen molar-refractivity contribution in [2.45, 2.75) is 128 Å². The molecule has 2 heteroatoms. The first-order chi connectivity index (χ1) is 22.5. The van der Waals surface area contributed by atoms with Crippen molar-refractivity contribution in [2.75, 3.05) is 11.5 Å². The predicted molar refractivity (Wildman–Crippen MR) is 202 cm³/mol. The fourth-order valence-electron chi connectivity index (χ4n) is 7.17. The van der Waals surface area contributed by atoms with Crippen molar-refractivity contribution in [3.05, 3.63) is 130 Å². The average molecular weight is 617 g/mol. The summed E-state index contributed by atoms with van der Waals surface area (Å²) in [7, 11) is 0. The van der Waals surface area contributed by atoms with Gasteiger partial charge in [-0.15, -0.1) is 0 Å². The highest BCUT2D eigenvalue weighted by atomic mass is 14.5. The predicted octanol–water partition coefficient (Wildman–Crippen LogP) is 12.6. The number of hydrogen-bond acceptors (Lipinski definition) is 2. The highest BCUT2D eigenvalue weighted by Crippen LogP contribution is 2.34. The molecule has 0 bridgehead atoms. The standard InChI is InChI=1S/C44H60N2/c1-4-7-8-9-10-11-12-13-16-40(35-21-23-37(24-22-35)44(15-6-3)39-27-31-42(46)32-28-39)33-34-17-19-36(20-18-34)43(14-5-2)38-25-29-41(45)30-26-38/h17-32,40,43-44H,4-16,33,45-46H2,1-3H3. The fraction of sp³-hybridized carbons (Fsp3) is 0.455. The van der Waals surface area contributed by atoms with Crippen LogP contribution in [-0.4, -0.2) is 0 Å². The van der Waals surface area contributed by atoms with Gasteiger partial charge in [0, 0.05) is 23.2 Å². The molecule has 3 unspecified atom stereocenters. The van der Waals surface area contributed by atoms with Crippen LogP contribution in [0.5, 0.6) is 0 Å². The van der Waals surface area contributed by atoms with Crippen LogP contribution < -0.4 is 11.5 Å². The summed E-state index contributed by atoms with van der Waals surface area (Å²) in [6, 6.07) is 36.2. The molecule has 0 saturated heterocycles. The van der Waals surface area contributed by atoms with Gasteiger partial charge in [-0.05, 0) is 89.2 Å². The Morgan fingerprint density at radius 2 is 0.761 bits per heavy atom. The van der Waals surface area contributed by atoms with Crippen LogP contribution in [0.2, 0.25) is 0 Å². The zero-order valence-electron chi connectivity index (χ0n) is 29.0. The van der Waals surface area contributed by atoms with E-state index in [-0.39, 0.29) is 0 Å². The van der Waals surface area contributed by atoms with Gasteiger partial charge in [0.05, 0.1) is 0 Å². The number of nitrogen functional groups attached to an aromatic ring is 2. The molecule has 0 aliphatic rings. The summed E-state index contributed by atoms with van der Waals surface area (Å²) in [6.07, 6.45) is 17.8. The van der Waals surface area contributed by atoms with E-state index < -0.39 is 0 Å². The molecule has 0 amide bonds. The van der Waals surface area contributed by atoms with E-state index in [0.29, 0.717) is 17.8 Å². The highest BCUT2D eigenvalue weighted by molar-refractivity contribution is 5.44. The van der Waals surface area contributed by atoms with Crippen LogP contribution in [-0.2, 0) is 6.42 Å². The Labute approximate surface area is 281 Å². The van der Waals surface area contributed by atoms with Gasteiger partial charge in [0.1, 0.15) is 0 Å². The largest absolute Gasteiger partial charge is 0.399 e. The van der Waals surface area contributed by atoms with Crippen molar-refractivity contribution >= 4 is 11.4 Å². The molecule has 246 valence electrons. The first kappa shape index (κ1) is 35.3. The third kappa shape index (κ3) is 10.8. The first-order valence-corrected chi connectivity index (χ1v) is 18.4. The number of hydrogen-bond donors (Lipinski definition) is 2. The van der Waals surface area contributed by atoms with Crippen molar-refractivity contribution in [1.82, 2.24) is 0 Å². The quantitative estimate of drug-likeness (QED) is 0.0766. The van der Waals surface area contributed by atoms with Crippen LogP contribution in [0.15, 0.2) is 97.1 Å². The molecule has 4 N–H and O–H groups in total. The summed E-state index contributed by atoms with van der Waals surface area (Å²) < 4.78 is 0. The Morgan fingerprint density at radius 3 is 1.20 bits per heavy atom. The normalized spacial score (nSPS) is 13.4. The van der Waals surface area contributed by atoms with E-state index in [0.717, 1.165) is 43.5 Å². The summed E-state index contributed by atoms with van der Waals surface area (Å²) >= 11 is 0. The van der Waals surface area contributed by atoms with E-state index in [9.17, 15) is 0 Å². The second-order valence-corrected chi connectivity index (χ2v) is 13.6. The number of benzene rings is 4. The van der Waals surface area contributed by atoms with Gasteiger partial charge in [-0.1, -0.05) is 158 Å². The molecule has 0 aliphatic carbocycles. The number of unbranched alkanes of at least 4 members (excludes halogenated alkanes) is 7. The van der Waals surface area contributed by atoms with Crippen molar-refractivity contribution in [3.8, 4) is 0 Å². The van der Waals surface area contributed by atoms with Gasteiger partial charge in [-0.3, -0.25) is 0 Å². The molecule has 0 saturated carbocycles. The topological polar surface area (TPSA) is 52.0 Å². The minimum atomic E-state index is 0.412. The van der Waals surface area contributed by atoms with Gasteiger partial charge < -0.3 is 11.5 Å². The first-order valence-electron chi connectivity index (χ1n) is 18.4. The van der Waals surface area contributed by atoms with Crippen LogP contribution in [0, 0.1) is 0 Å². The molecule has 4 rings (SSSR count). The van der Waals surface area contributed by atoms with Crippen molar-refractivity contribution in [1.29, 1.82) is 0 Å². The monoisotopic (exact) mass is 616 g/mol. The maximum absolute atomic E-state index is 6.01. The molecule has 4 aromatic rings. The summed E-state index contributed by atoms with van der Waals surface area (Å²) in [6.45, 7) is 6.86. The Bertz CT molecular complexity index is 1370. The Balaban J connectivity index is 1.49. The van der Waals surface area contributed by atoms with E-state index in [1.807, 2.05) is 24.3 Å². The highest BCUT2D eigenvalue weighted by Gasteiger charge is 2.18. The number of rotatable bonds is 20. The van der Waals surface area contributed by atoms with Gasteiger partial charge in [0.15, 0.2) is 0 Å². The van der Waals surface area contributed by atoms with Gasteiger partial charge in [0.25, 0.3) is 0 Å². The van der Waals surface area contributed by atoms with Crippen LogP contribution in [0.1, 0.15) is 155 Å². The minimum absolute atomic E-state index is 0.412. The minimum Gasteiger partial charge on any atom is -0.399 e. The van der Waals surface area contributed by atoms with E-state index in [1.54, 1.807) is 0 Å². The van der Waals surface area contributed by atoms with Crippen molar-refractivity contribution < 1.29 is 0 Å². The maximum Gasteiger partial charge on any atom is 0.0314 e. The summed E-state index contributed by atoms with van der Waals surface area (Å²) in [5.41, 5.74) is 22.1. The summed E-state index contributed by atoms with van der Waals surface area (Å²) in [5, 5.41) is 0. The lowest BCUT2D eigenvalue weighted by Crippen LogP contribution is -2.06. The SMILES string of the molecule is CCCCCCCCCCC(Cc1ccc(C(CCC)c2ccc(N)cc2)cc1)c1ccc(C(CCC)c2ccc(N)cc2)cc1. The van der Waals surface area contributed by atoms with Crippen LogP contribution in [0.25, 0.3) is 0 Å². The lowest BCUT2D eigenvalue weighted by Gasteiger charge is -2.22. The van der Waals surface area contributed by atoms with Gasteiger partial charge in [-0.25, -0.2) is 0 Å². The average Bonchev–Trinajstić information content (AvgIpc) is 3.08. The lowest BCUT2D eigenvalue weighted by atomic mass is 9.83. The molecule has 0 heterocycles. The Kier molecular flexibility index (Phi) is 14.8. The third-order valence-corrected chi connectivity index (χ3v) is 9.91. The maximum atomic E-state index is 6.01. The number of anilines is 2. The van der Waals surface area contributed by atoms with Crippen LogP contribution in [0.3, 0.4) is 0 Å². The zero-order chi connectivity index (χ0) is 32.6. The molecule has 0 aromatic heterocycles. The smallest absolute Gasteiger partial charge is 0.0314 e. The summed E-state index contributed by atoms with van der Waals surface area (Å²) in [5.74, 6) is 1.36. The fourth-order valence-corrected chi connectivity index (χ4v) is 7.17. The molecule has 0 radical (unpaired) electrons. The molecule has 4 aromatic carbocycles. The molecular weight excluding hydrogens is 556 g/mol. The second kappa shape index (κ2) is 19.2. The van der Waals surface area contributed by atoms with Gasteiger partial charge in [0.2, 0.25) is 0 Å². The van der Waals surface area contributed by atoms with Crippen LogP contribution >= 0.6 is 0 Å². The molecule has 2 nitrogen and oxygen atoms in total.